The van der Waals surface area contributed by atoms with Crippen LogP contribution in [0.3, 0.4) is 0 Å². The number of carbonyl (C=O) groups is 1. The zero-order valence-corrected chi connectivity index (χ0v) is 15.1. The summed E-state index contributed by atoms with van der Waals surface area (Å²) in [6, 6.07) is 15.3. The third-order valence-electron chi connectivity index (χ3n) is 3.72. The molecular formula is C20H20N2O2S. The van der Waals surface area contributed by atoms with E-state index in [2.05, 4.69) is 10.3 Å². The summed E-state index contributed by atoms with van der Waals surface area (Å²) in [5, 5.41) is 5.87. The minimum atomic E-state index is -0.0947. The Balaban J connectivity index is 1.52. The number of nitrogens with zero attached hydrogens (tertiary/aromatic N) is 1. The number of hydrogen-bond donors (Lipinski definition) is 1. The van der Waals surface area contributed by atoms with E-state index in [9.17, 15) is 4.79 Å². The Morgan fingerprint density at radius 1 is 1.08 bits per heavy atom. The number of nitrogens with one attached hydrogen (secondary N) is 1. The Labute approximate surface area is 151 Å². The molecule has 0 saturated carbocycles. The highest BCUT2D eigenvalue weighted by atomic mass is 32.1. The second-order valence-electron chi connectivity index (χ2n) is 5.86. The van der Waals surface area contributed by atoms with Crippen LogP contribution in [0.25, 0.3) is 0 Å². The van der Waals surface area contributed by atoms with Gasteiger partial charge in [0.05, 0.1) is 0 Å². The molecule has 0 aliphatic heterocycles. The first-order valence-corrected chi connectivity index (χ1v) is 8.96. The molecule has 0 bridgehead atoms. The van der Waals surface area contributed by atoms with Crippen molar-refractivity contribution in [3.63, 3.8) is 0 Å². The summed E-state index contributed by atoms with van der Waals surface area (Å²) in [6.45, 7) is 4.96. The van der Waals surface area contributed by atoms with Crippen LogP contribution in [-0.2, 0) is 13.2 Å². The van der Waals surface area contributed by atoms with E-state index in [4.69, 9.17) is 4.74 Å². The van der Waals surface area contributed by atoms with E-state index < -0.39 is 0 Å². The van der Waals surface area contributed by atoms with Gasteiger partial charge in [-0.05, 0) is 43.7 Å². The van der Waals surface area contributed by atoms with Gasteiger partial charge in [-0.1, -0.05) is 29.8 Å². The molecule has 0 radical (unpaired) electrons. The lowest BCUT2D eigenvalue weighted by molar-refractivity contribution is 0.0951. The number of ether oxygens (including phenoxy) is 1. The molecule has 0 spiro atoms. The molecule has 1 heterocycles. The van der Waals surface area contributed by atoms with Crippen molar-refractivity contribution in [3.8, 4) is 5.75 Å². The van der Waals surface area contributed by atoms with Gasteiger partial charge in [-0.25, -0.2) is 4.98 Å². The normalized spacial score (nSPS) is 10.5. The lowest BCUT2D eigenvalue weighted by Gasteiger charge is -2.07. The van der Waals surface area contributed by atoms with Crippen LogP contribution in [-0.4, -0.2) is 10.9 Å². The summed E-state index contributed by atoms with van der Waals surface area (Å²) in [7, 11) is 0. The van der Waals surface area contributed by atoms with Gasteiger partial charge in [-0.3, -0.25) is 4.79 Å². The van der Waals surface area contributed by atoms with Crippen molar-refractivity contribution in [2.24, 2.45) is 0 Å². The first-order valence-electron chi connectivity index (χ1n) is 8.08. The Morgan fingerprint density at radius 2 is 1.80 bits per heavy atom. The molecule has 0 atom stereocenters. The molecule has 1 amide bonds. The highest BCUT2D eigenvalue weighted by Gasteiger charge is 2.06. The molecule has 2 aromatic carbocycles. The van der Waals surface area contributed by atoms with Crippen LogP contribution in [0, 0.1) is 13.8 Å². The highest BCUT2D eigenvalue weighted by Crippen LogP contribution is 2.16. The van der Waals surface area contributed by atoms with Gasteiger partial charge in [0.2, 0.25) is 0 Å². The van der Waals surface area contributed by atoms with Crippen molar-refractivity contribution in [3.05, 3.63) is 81.3 Å². The summed E-state index contributed by atoms with van der Waals surface area (Å²) >= 11 is 1.58. The second kappa shape index (κ2) is 7.94. The maximum atomic E-state index is 12.2. The summed E-state index contributed by atoms with van der Waals surface area (Å²) in [5.41, 5.74) is 3.91. The Hall–Kier alpha value is -2.66. The molecule has 5 heteroatoms. The molecule has 3 rings (SSSR count). The van der Waals surface area contributed by atoms with Crippen molar-refractivity contribution in [1.29, 1.82) is 0 Å². The van der Waals surface area contributed by atoms with Crippen molar-refractivity contribution < 1.29 is 9.53 Å². The number of rotatable bonds is 6. The molecule has 0 saturated heterocycles. The van der Waals surface area contributed by atoms with E-state index in [-0.39, 0.29) is 5.91 Å². The molecule has 0 fully saturated rings. The second-order valence-corrected chi connectivity index (χ2v) is 6.81. The number of amides is 1. The fourth-order valence-corrected chi connectivity index (χ4v) is 2.99. The zero-order chi connectivity index (χ0) is 17.6. The van der Waals surface area contributed by atoms with Crippen LogP contribution in [0.2, 0.25) is 0 Å². The predicted molar refractivity (Wildman–Crippen MR) is 100.0 cm³/mol. The molecule has 1 aromatic heterocycles. The summed E-state index contributed by atoms with van der Waals surface area (Å²) in [4.78, 5) is 16.6. The monoisotopic (exact) mass is 352 g/mol. The fraction of sp³-hybridized carbons (Fsp3) is 0.200. The average Bonchev–Trinajstić information content (AvgIpc) is 3.05. The Bertz CT molecular complexity index is 839. The summed E-state index contributed by atoms with van der Waals surface area (Å²) < 4.78 is 5.70. The maximum absolute atomic E-state index is 12.2. The molecule has 0 aliphatic carbocycles. The van der Waals surface area contributed by atoms with E-state index in [0.29, 0.717) is 18.7 Å². The number of hydrogen-bond acceptors (Lipinski definition) is 4. The molecule has 0 aliphatic rings. The topological polar surface area (TPSA) is 51.2 Å². The minimum Gasteiger partial charge on any atom is -0.486 e. The van der Waals surface area contributed by atoms with E-state index >= 15 is 0 Å². The smallest absolute Gasteiger partial charge is 0.251 e. The molecule has 128 valence electrons. The lowest BCUT2D eigenvalue weighted by atomic mass is 10.1. The molecule has 1 N–H and O–H groups in total. The summed E-state index contributed by atoms with van der Waals surface area (Å²) in [5.74, 6) is 0.630. The fourth-order valence-electron chi connectivity index (χ4n) is 2.31. The van der Waals surface area contributed by atoms with Crippen molar-refractivity contribution in [2.75, 3.05) is 0 Å². The van der Waals surface area contributed by atoms with Crippen molar-refractivity contribution in [2.45, 2.75) is 27.0 Å². The van der Waals surface area contributed by atoms with Crippen LogP contribution in [0.5, 0.6) is 5.75 Å². The van der Waals surface area contributed by atoms with Gasteiger partial charge in [-0.2, -0.15) is 0 Å². The largest absolute Gasteiger partial charge is 0.486 e. The standard InChI is InChI=1S/C20H20N2O2S/c1-14-3-5-16(6-4-14)11-21-20(23)17-7-9-18(10-8-17)24-12-19-22-15(2)13-25-19/h3-10,13H,11-12H2,1-2H3,(H,21,23). The van der Waals surface area contributed by atoms with Crippen LogP contribution in [0.15, 0.2) is 53.9 Å². The van der Waals surface area contributed by atoms with Crippen molar-refractivity contribution >= 4 is 17.2 Å². The third-order valence-corrected chi connectivity index (χ3v) is 4.66. The number of thiazole rings is 1. The van der Waals surface area contributed by atoms with E-state index in [0.717, 1.165) is 22.0 Å². The first-order chi connectivity index (χ1) is 12.1. The van der Waals surface area contributed by atoms with Crippen LogP contribution in [0.1, 0.15) is 32.2 Å². The minimum absolute atomic E-state index is 0.0947. The van der Waals surface area contributed by atoms with Gasteiger partial charge in [0.15, 0.2) is 0 Å². The SMILES string of the molecule is Cc1ccc(CNC(=O)c2ccc(OCc3nc(C)cs3)cc2)cc1. The molecule has 3 aromatic rings. The van der Waals surface area contributed by atoms with E-state index in [1.54, 1.807) is 35.6 Å². The van der Waals surface area contributed by atoms with Gasteiger partial charge in [0.1, 0.15) is 17.4 Å². The molecular weight excluding hydrogens is 332 g/mol. The van der Waals surface area contributed by atoms with Crippen LogP contribution in [0.4, 0.5) is 0 Å². The number of aromatic nitrogens is 1. The van der Waals surface area contributed by atoms with Gasteiger partial charge < -0.3 is 10.1 Å². The molecule has 0 unspecified atom stereocenters. The zero-order valence-electron chi connectivity index (χ0n) is 14.3. The van der Waals surface area contributed by atoms with Crippen LogP contribution >= 0.6 is 11.3 Å². The first kappa shape index (κ1) is 17.2. The predicted octanol–water partition coefficient (Wildman–Crippen LogP) is 4.27. The molecule has 25 heavy (non-hydrogen) atoms. The number of aryl methyl sites for hydroxylation is 2. The van der Waals surface area contributed by atoms with Crippen molar-refractivity contribution in [1.82, 2.24) is 10.3 Å². The van der Waals surface area contributed by atoms with E-state index in [1.165, 1.54) is 5.56 Å². The third kappa shape index (κ3) is 4.90. The number of benzene rings is 2. The Kier molecular flexibility index (Phi) is 5.46. The quantitative estimate of drug-likeness (QED) is 0.721. The summed E-state index contributed by atoms with van der Waals surface area (Å²) in [6.07, 6.45) is 0. The lowest BCUT2D eigenvalue weighted by Crippen LogP contribution is -2.22. The average molecular weight is 352 g/mol. The van der Waals surface area contributed by atoms with E-state index in [1.807, 2.05) is 43.5 Å². The highest BCUT2D eigenvalue weighted by molar-refractivity contribution is 7.09. The van der Waals surface area contributed by atoms with Gasteiger partial charge in [0.25, 0.3) is 5.91 Å². The number of carbonyl (C=O) groups excluding carboxylic acids is 1. The maximum Gasteiger partial charge on any atom is 0.251 e. The van der Waals surface area contributed by atoms with Gasteiger partial charge in [0, 0.05) is 23.2 Å². The van der Waals surface area contributed by atoms with Gasteiger partial charge >= 0.3 is 0 Å². The Morgan fingerprint density at radius 3 is 2.44 bits per heavy atom. The van der Waals surface area contributed by atoms with Gasteiger partial charge in [-0.15, -0.1) is 11.3 Å². The van der Waals surface area contributed by atoms with Crippen LogP contribution < -0.4 is 10.1 Å². The molecule has 4 nitrogen and oxygen atoms in total.